The first-order chi connectivity index (χ1) is 3.34. The second-order valence-electron chi connectivity index (χ2n) is 1.87. The van der Waals surface area contributed by atoms with Gasteiger partial charge in [-0.3, -0.25) is 4.99 Å². The van der Waals surface area contributed by atoms with Crippen molar-refractivity contribution in [2.24, 2.45) is 16.6 Å². The molecule has 2 N–H and O–H groups in total. The molecular formula is C5H10N2. The van der Waals surface area contributed by atoms with Crippen LogP contribution in [0.3, 0.4) is 0 Å². The molecule has 1 unspecified atom stereocenters. The SMILES string of the molecule is CCC1CN=C1N. The first kappa shape index (κ1) is 4.62. The summed E-state index contributed by atoms with van der Waals surface area (Å²) in [6, 6.07) is 0. The van der Waals surface area contributed by atoms with Crippen LogP contribution < -0.4 is 5.73 Å². The van der Waals surface area contributed by atoms with E-state index in [0.717, 1.165) is 18.8 Å². The Morgan fingerprint density at radius 3 is 2.71 bits per heavy atom. The summed E-state index contributed by atoms with van der Waals surface area (Å²) in [4.78, 5) is 3.92. The zero-order valence-electron chi connectivity index (χ0n) is 4.52. The normalized spacial score (nSPS) is 28.7. The first-order valence-electron chi connectivity index (χ1n) is 2.64. The molecule has 40 valence electrons. The van der Waals surface area contributed by atoms with Gasteiger partial charge in [-0.15, -0.1) is 0 Å². The number of rotatable bonds is 1. The lowest BCUT2D eigenvalue weighted by atomic mass is 10.0. The average molecular weight is 98.1 g/mol. The van der Waals surface area contributed by atoms with Crippen molar-refractivity contribution in [2.45, 2.75) is 13.3 Å². The highest BCUT2D eigenvalue weighted by atomic mass is 14.9. The van der Waals surface area contributed by atoms with Gasteiger partial charge in [0.05, 0.1) is 12.4 Å². The minimum Gasteiger partial charge on any atom is -0.387 e. The lowest BCUT2D eigenvalue weighted by Crippen LogP contribution is -2.34. The Bertz CT molecular complexity index is 96.3. The Labute approximate surface area is 43.4 Å². The smallest absolute Gasteiger partial charge is 0.0987 e. The van der Waals surface area contributed by atoms with Gasteiger partial charge in [-0.1, -0.05) is 6.92 Å². The molecule has 0 saturated carbocycles. The molecule has 1 heterocycles. The molecule has 0 amide bonds. The molecule has 1 rings (SSSR count). The van der Waals surface area contributed by atoms with Crippen molar-refractivity contribution in [2.75, 3.05) is 6.54 Å². The van der Waals surface area contributed by atoms with Crippen LogP contribution in [0.25, 0.3) is 0 Å². The summed E-state index contributed by atoms with van der Waals surface area (Å²) in [6.45, 7) is 3.09. The van der Waals surface area contributed by atoms with Crippen molar-refractivity contribution in [1.82, 2.24) is 0 Å². The first-order valence-corrected chi connectivity index (χ1v) is 2.64. The molecule has 0 bridgehead atoms. The highest BCUT2D eigenvalue weighted by Gasteiger charge is 2.16. The quantitative estimate of drug-likeness (QED) is 0.506. The Balaban J connectivity index is 2.37. The molecule has 1 aliphatic rings. The van der Waals surface area contributed by atoms with Crippen LogP contribution in [0.4, 0.5) is 0 Å². The van der Waals surface area contributed by atoms with Gasteiger partial charge in [-0.05, 0) is 6.42 Å². The van der Waals surface area contributed by atoms with Crippen molar-refractivity contribution in [3.05, 3.63) is 0 Å². The van der Waals surface area contributed by atoms with Gasteiger partial charge in [0.2, 0.25) is 0 Å². The molecule has 2 heteroatoms. The molecule has 0 aliphatic carbocycles. The van der Waals surface area contributed by atoms with Crippen molar-refractivity contribution >= 4 is 5.84 Å². The predicted molar refractivity (Wildman–Crippen MR) is 30.3 cm³/mol. The second kappa shape index (κ2) is 1.52. The summed E-state index contributed by atoms with van der Waals surface area (Å²) >= 11 is 0. The lowest BCUT2D eigenvalue weighted by molar-refractivity contribution is 0.615. The van der Waals surface area contributed by atoms with E-state index in [0.29, 0.717) is 5.92 Å². The fourth-order valence-corrected chi connectivity index (χ4v) is 0.664. The van der Waals surface area contributed by atoms with Crippen LogP contribution in [0.2, 0.25) is 0 Å². The van der Waals surface area contributed by atoms with Gasteiger partial charge >= 0.3 is 0 Å². The maximum absolute atomic E-state index is 5.38. The van der Waals surface area contributed by atoms with E-state index < -0.39 is 0 Å². The van der Waals surface area contributed by atoms with Gasteiger partial charge < -0.3 is 5.73 Å². The minimum atomic E-state index is 0.611. The summed E-state index contributed by atoms with van der Waals surface area (Å²) in [5.74, 6) is 1.46. The van der Waals surface area contributed by atoms with E-state index in [4.69, 9.17) is 5.73 Å². The zero-order chi connectivity index (χ0) is 5.28. The molecule has 7 heavy (non-hydrogen) atoms. The topological polar surface area (TPSA) is 38.4 Å². The number of amidine groups is 1. The lowest BCUT2D eigenvalue weighted by Gasteiger charge is -2.19. The molecule has 0 fully saturated rings. The number of hydrogen-bond acceptors (Lipinski definition) is 2. The summed E-state index contributed by atoms with van der Waals surface area (Å²) < 4.78 is 0. The fourth-order valence-electron chi connectivity index (χ4n) is 0.664. The minimum absolute atomic E-state index is 0.611. The molecule has 0 aromatic rings. The molecular weight excluding hydrogens is 88.1 g/mol. The van der Waals surface area contributed by atoms with Crippen molar-refractivity contribution in [1.29, 1.82) is 0 Å². The van der Waals surface area contributed by atoms with Gasteiger partial charge in [0.25, 0.3) is 0 Å². The highest BCUT2D eigenvalue weighted by Crippen LogP contribution is 2.10. The van der Waals surface area contributed by atoms with E-state index in [9.17, 15) is 0 Å². The van der Waals surface area contributed by atoms with Crippen LogP contribution >= 0.6 is 0 Å². The molecule has 1 aliphatic heterocycles. The molecule has 0 radical (unpaired) electrons. The number of aliphatic imine (C=N–C) groups is 1. The van der Waals surface area contributed by atoms with Crippen LogP contribution in [0.1, 0.15) is 13.3 Å². The van der Waals surface area contributed by atoms with E-state index >= 15 is 0 Å². The van der Waals surface area contributed by atoms with Crippen LogP contribution in [0, 0.1) is 5.92 Å². The predicted octanol–water partition coefficient (Wildman–Crippen LogP) is 0.383. The Kier molecular flexibility index (Phi) is 1.01. The van der Waals surface area contributed by atoms with Gasteiger partial charge in [0.15, 0.2) is 0 Å². The summed E-state index contributed by atoms with van der Waals surface area (Å²) in [7, 11) is 0. The van der Waals surface area contributed by atoms with Crippen molar-refractivity contribution in [3.8, 4) is 0 Å². The fraction of sp³-hybridized carbons (Fsp3) is 0.800. The monoisotopic (exact) mass is 98.1 g/mol. The van der Waals surface area contributed by atoms with Crippen LogP contribution in [-0.2, 0) is 0 Å². The number of hydrogen-bond donors (Lipinski definition) is 1. The van der Waals surface area contributed by atoms with Gasteiger partial charge in [-0.2, -0.15) is 0 Å². The van der Waals surface area contributed by atoms with Crippen LogP contribution in [0.15, 0.2) is 4.99 Å². The standard InChI is InChI=1S/C5H10N2/c1-2-4-3-7-5(4)6/h4H,2-3H2,1H3,(H2,6,7). The van der Waals surface area contributed by atoms with Gasteiger partial charge in [0, 0.05) is 5.92 Å². The molecule has 0 spiro atoms. The van der Waals surface area contributed by atoms with E-state index in [-0.39, 0.29) is 0 Å². The average Bonchev–Trinajstić information content (AvgIpc) is 1.65. The molecule has 0 aromatic carbocycles. The van der Waals surface area contributed by atoms with E-state index in [1.165, 1.54) is 0 Å². The molecule has 0 aromatic heterocycles. The van der Waals surface area contributed by atoms with E-state index in [1.807, 2.05) is 0 Å². The van der Waals surface area contributed by atoms with E-state index in [1.54, 1.807) is 0 Å². The van der Waals surface area contributed by atoms with Crippen LogP contribution in [-0.4, -0.2) is 12.4 Å². The third-order valence-corrected chi connectivity index (χ3v) is 1.41. The summed E-state index contributed by atoms with van der Waals surface area (Å²) in [6.07, 6.45) is 1.15. The third-order valence-electron chi connectivity index (χ3n) is 1.41. The van der Waals surface area contributed by atoms with Crippen molar-refractivity contribution in [3.63, 3.8) is 0 Å². The summed E-state index contributed by atoms with van der Waals surface area (Å²) in [5.41, 5.74) is 5.38. The zero-order valence-corrected chi connectivity index (χ0v) is 4.52. The largest absolute Gasteiger partial charge is 0.387 e. The molecule has 2 nitrogen and oxygen atoms in total. The molecule has 1 atom stereocenters. The maximum Gasteiger partial charge on any atom is 0.0987 e. The Hall–Kier alpha value is -0.530. The molecule has 0 saturated heterocycles. The van der Waals surface area contributed by atoms with Gasteiger partial charge in [-0.25, -0.2) is 0 Å². The van der Waals surface area contributed by atoms with Crippen molar-refractivity contribution < 1.29 is 0 Å². The van der Waals surface area contributed by atoms with Gasteiger partial charge in [0.1, 0.15) is 0 Å². The second-order valence-corrected chi connectivity index (χ2v) is 1.87. The highest BCUT2D eigenvalue weighted by molar-refractivity contribution is 5.87. The van der Waals surface area contributed by atoms with Crippen LogP contribution in [0.5, 0.6) is 0 Å². The Morgan fingerprint density at radius 1 is 2.00 bits per heavy atom. The number of nitrogens with two attached hydrogens (primary N) is 1. The number of nitrogens with zero attached hydrogens (tertiary/aromatic N) is 1. The third kappa shape index (κ3) is 0.601. The maximum atomic E-state index is 5.38. The summed E-state index contributed by atoms with van der Waals surface area (Å²) in [5, 5.41) is 0. The Morgan fingerprint density at radius 2 is 2.71 bits per heavy atom. The van der Waals surface area contributed by atoms with E-state index in [2.05, 4.69) is 11.9 Å².